The van der Waals surface area contributed by atoms with Crippen molar-refractivity contribution in [3.05, 3.63) is 48.2 Å². The number of hydrogen-bond donors (Lipinski definition) is 1. The molecule has 2 atom stereocenters. The quantitative estimate of drug-likeness (QED) is 0.720. The topological polar surface area (TPSA) is 106 Å². The highest BCUT2D eigenvalue weighted by atomic mass is 16.5. The fraction of sp³-hybridized carbons (Fsp3) is 0.368. The molecular formula is C19H21N5O4. The second-order valence-electron chi connectivity index (χ2n) is 6.93. The molecule has 2 amide bonds. The minimum Gasteiger partial charge on any atom is -0.469 e. The lowest BCUT2D eigenvalue weighted by Gasteiger charge is -2.20. The molecule has 0 aliphatic carbocycles. The number of nitrogens with zero attached hydrogens (tertiary/aromatic N) is 4. The third-order valence-corrected chi connectivity index (χ3v) is 4.88. The molecule has 1 saturated heterocycles. The lowest BCUT2D eigenvalue weighted by molar-refractivity contribution is -0.131. The summed E-state index contributed by atoms with van der Waals surface area (Å²) in [6.45, 7) is 2.87. The normalized spacial score (nSPS) is 17.6. The van der Waals surface area contributed by atoms with Gasteiger partial charge in [-0.3, -0.25) is 14.3 Å². The van der Waals surface area contributed by atoms with E-state index in [1.807, 2.05) is 6.92 Å². The Morgan fingerprint density at radius 1 is 1.36 bits per heavy atom. The van der Waals surface area contributed by atoms with Gasteiger partial charge in [0.15, 0.2) is 11.5 Å². The first-order valence-corrected chi connectivity index (χ1v) is 9.11. The predicted octanol–water partition coefficient (Wildman–Crippen LogP) is 1.80. The van der Waals surface area contributed by atoms with Gasteiger partial charge >= 0.3 is 0 Å². The molecule has 1 aliphatic rings. The van der Waals surface area contributed by atoms with E-state index in [1.165, 1.54) is 0 Å². The molecule has 0 aromatic carbocycles. The SMILES string of the molecule is CC(C(=O)N1CCC(NC(=O)c2cc(-c3ccn(C)n3)on2)C1)c1ccco1. The molecule has 1 fully saturated rings. The minimum absolute atomic E-state index is 0.00873. The molecule has 0 spiro atoms. The van der Waals surface area contributed by atoms with Crippen molar-refractivity contribution >= 4 is 11.8 Å². The van der Waals surface area contributed by atoms with Crippen molar-refractivity contribution < 1.29 is 18.5 Å². The number of aromatic nitrogens is 3. The Kier molecular flexibility index (Phi) is 4.72. The second kappa shape index (κ2) is 7.34. The summed E-state index contributed by atoms with van der Waals surface area (Å²) >= 11 is 0. The summed E-state index contributed by atoms with van der Waals surface area (Å²) in [6, 6.07) is 6.78. The van der Waals surface area contributed by atoms with E-state index in [1.54, 1.807) is 53.4 Å². The third kappa shape index (κ3) is 3.55. The first-order chi connectivity index (χ1) is 13.5. The van der Waals surface area contributed by atoms with Crippen molar-refractivity contribution in [2.24, 2.45) is 7.05 Å². The molecule has 0 saturated carbocycles. The molecular weight excluding hydrogens is 362 g/mol. The smallest absolute Gasteiger partial charge is 0.273 e. The zero-order chi connectivity index (χ0) is 19.7. The Balaban J connectivity index is 1.34. The highest BCUT2D eigenvalue weighted by molar-refractivity contribution is 5.93. The molecule has 3 aromatic rings. The zero-order valence-electron chi connectivity index (χ0n) is 15.7. The number of amides is 2. The fourth-order valence-corrected chi connectivity index (χ4v) is 3.32. The number of rotatable bonds is 5. The first kappa shape index (κ1) is 18.0. The monoisotopic (exact) mass is 383 g/mol. The Bertz CT molecular complexity index is 974. The number of hydrogen-bond acceptors (Lipinski definition) is 6. The maximum atomic E-state index is 12.6. The highest BCUT2D eigenvalue weighted by Gasteiger charge is 2.32. The summed E-state index contributed by atoms with van der Waals surface area (Å²) in [5, 5.41) is 11.0. The van der Waals surface area contributed by atoms with Crippen LogP contribution in [0.25, 0.3) is 11.5 Å². The van der Waals surface area contributed by atoms with Crippen LogP contribution in [0.3, 0.4) is 0 Å². The van der Waals surface area contributed by atoms with Gasteiger partial charge < -0.3 is 19.2 Å². The largest absolute Gasteiger partial charge is 0.469 e. The van der Waals surface area contributed by atoms with Gasteiger partial charge in [0, 0.05) is 38.4 Å². The Morgan fingerprint density at radius 3 is 2.93 bits per heavy atom. The molecule has 1 N–H and O–H groups in total. The van der Waals surface area contributed by atoms with Crippen LogP contribution in [-0.2, 0) is 11.8 Å². The molecule has 1 aliphatic heterocycles. The van der Waals surface area contributed by atoms with Crippen molar-refractivity contribution in [2.45, 2.75) is 25.3 Å². The average Bonchev–Trinajstić information content (AvgIpc) is 3.46. The Labute approximate surface area is 161 Å². The van der Waals surface area contributed by atoms with Crippen molar-refractivity contribution in [2.75, 3.05) is 13.1 Å². The summed E-state index contributed by atoms with van der Waals surface area (Å²) in [6.07, 6.45) is 4.03. The molecule has 4 rings (SSSR count). The third-order valence-electron chi connectivity index (χ3n) is 4.88. The van der Waals surface area contributed by atoms with Crippen LogP contribution < -0.4 is 5.32 Å². The van der Waals surface area contributed by atoms with Crippen LogP contribution in [0.1, 0.15) is 35.5 Å². The van der Waals surface area contributed by atoms with Gasteiger partial charge in [-0.1, -0.05) is 5.16 Å². The Morgan fingerprint density at radius 2 is 2.21 bits per heavy atom. The molecule has 0 bridgehead atoms. The summed E-state index contributed by atoms with van der Waals surface area (Å²) < 4.78 is 12.2. The Hall–Kier alpha value is -3.36. The van der Waals surface area contributed by atoms with Crippen molar-refractivity contribution in [1.29, 1.82) is 0 Å². The molecule has 3 aromatic heterocycles. The van der Waals surface area contributed by atoms with Crippen LogP contribution in [0.15, 0.2) is 45.7 Å². The van der Waals surface area contributed by atoms with Gasteiger partial charge in [0.25, 0.3) is 5.91 Å². The molecule has 146 valence electrons. The maximum Gasteiger partial charge on any atom is 0.273 e. The standard InChI is InChI=1S/C19H21N5O4/c1-12(16-4-3-9-27-16)19(26)24-8-5-13(11-24)20-18(25)15-10-17(28-22-15)14-6-7-23(2)21-14/h3-4,6-7,9-10,12-13H,5,8,11H2,1-2H3,(H,20,25). The maximum absolute atomic E-state index is 12.6. The second-order valence-corrected chi connectivity index (χ2v) is 6.93. The first-order valence-electron chi connectivity index (χ1n) is 9.11. The van der Waals surface area contributed by atoms with Gasteiger partial charge in [-0.15, -0.1) is 0 Å². The van der Waals surface area contributed by atoms with E-state index in [2.05, 4.69) is 15.6 Å². The zero-order valence-corrected chi connectivity index (χ0v) is 15.7. The lowest BCUT2D eigenvalue weighted by Crippen LogP contribution is -2.39. The van der Waals surface area contributed by atoms with Crippen LogP contribution in [-0.4, -0.2) is 50.8 Å². The predicted molar refractivity (Wildman–Crippen MR) is 98.3 cm³/mol. The van der Waals surface area contributed by atoms with Crippen LogP contribution in [0.5, 0.6) is 0 Å². The van der Waals surface area contributed by atoms with Crippen LogP contribution in [0.4, 0.5) is 0 Å². The fourth-order valence-electron chi connectivity index (χ4n) is 3.32. The van der Waals surface area contributed by atoms with E-state index in [-0.39, 0.29) is 29.5 Å². The molecule has 0 radical (unpaired) electrons. The summed E-state index contributed by atoms with van der Waals surface area (Å²) in [4.78, 5) is 26.8. The number of carbonyl (C=O) groups is 2. The number of furan rings is 1. The van der Waals surface area contributed by atoms with Crippen LogP contribution in [0.2, 0.25) is 0 Å². The van der Waals surface area contributed by atoms with Crippen molar-refractivity contribution in [3.63, 3.8) is 0 Å². The molecule has 9 nitrogen and oxygen atoms in total. The van der Waals surface area contributed by atoms with Gasteiger partial charge in [-0.05, 0) is 31.5 Å². The van der Waals surface area contributed by atoms with Crippen molar-refractivity contribution in [1.82, 2.24) is 25.2 Å². The van der Waals surface area contributed by atoms with Gasteiger partial charge in [0.05, 0.1) is 12.2 Å². The molecule has 2 unspecified atom stereocenters. The van der Waals surface area contributed by atoms with Gasteiger partial charge in [0.1, 0.15) is 11.5 Å². The lowest BCUT2D eigenvalue weighted by atomic mass is 10.1. The average molecular weight is 383 g/mol. The molecule has 28 heavy (non-hydrogen) atoms. The number of nitrogens with one attached hydrogen (secondary N) is 1. The van der Waals surface area contributed by atoms with Gasteiger partial charge in [0.2, 0.25) is 5.91 Å². The number of carbonyl (C=O) groups excluding carboxylic acids is 2. The summed E-state index contributed by atoms with van der Waals surface area (Å²) in [5.74, 6) is 0.388. The molecule has 9 heteroatoms. The van der Waals surface area contributed by atoms with Crippen molar-refractivity contribution in [3.8, 4) is 11.5 Å². The summed E-state index contributed by atoms with van der Waals surface area (Å²) in [5.41, 5.74) is 0.799. The minimum atomic E-state index is -0.346. The van der Waals surface area contributed by atoms with Crippen LogP contribution >= 0.6 is 0 Å². The van der Waals surface area contributed by atoms with E-state index in [0.29, 0.717) is 36.7 Å². The van der Waals surface area contributed by atoms with E-state index in [4.69, 9.17) is 8.94 Å². The van der Waals surface area contributed by atoms with Gasteiger partial charge in [-0.2, -0.15) is 5.10 Å². The van der Waals surface area contributed by atoms with E-state index in [9.17, 15) is 9.59 Å². The van der Waals surface area contributed by atoms with E-state index in [0.717, 1.165) is 0 Å². The molecule has 4 heterocycles. The number of aryl methyl sites for hydroxylation is 1. The van der Waals surface area contributed by atoms with Gasteiger partial charge in [-0.25, -0.2) is 0 Å². The number of likely N-dealkylation sites (tertiary alicyclic amines) is 1. The highest BCUT2D eigenvalue weighted by Crippen LogP contribution is 2.22. The van der Waals surface area contributed by atoms with E-state index < -0.39 is 0 Å². The van der Waals surface area contributed by atoms with E-state index >= 15 is 0 Å². The van der Waals surface area contributed by atoms with Crippen LogP contribution in [0, 0.1) is 0 Å². The summed E-state index contributed by atoms with van der Waals surface area (Å²) in [7, 11) is 1.80.